The molecule has 1 unspecified atom stereocenters. The van der Waals surface area contributed by atoms with Crippen molar-refractivity contribution in [3.8, 4) is 10.8 Å². The molecule has 0 aliphatic carbocycles. The number of benzene rings is 1. The first-order valence-electron chi connectivity index (χ1n) is 6.28. The van der Waals surface area contributed by atoms with Gasteiger partial charge in [-0.05, 0) is 23.6 Å². The van der Waals surface area contributed by atoms with E-state index in [4.69, 9.17) is 4.42 Å². The van der Waals surface area contributed by atoms with Crippen LogP contribution in [0.1, 0.15) is 24.4 Å². The molecule has 1 N–H and O–H groups in total. The van der Waals surface area contributed by atoms with Crippen molar-refractivity contribution in [1.82, 2.24) is 25.1 Å². The van der Waals surface area contributed by atoms with Gasteiger partial charge in [-0.1, -0.05) is 41.7 Å². The van der Waals surface area contributed by atoms with Crippen molar-refractivity contribution in [2.24, 2.45) is 0 Å². The second-order valence-electron chi connectivity index (χ2n) is 4.13. The summed E-state index contributed by atoms with van der Waals surface area (Å²) in [4.78, 5) is 0.770. The SMILES string of the molecule is CCNC(c1ccccc1)c1nnc(-c2cnns2)o1. The third-order valence-corrected chi connectivity index (χ3v) is 3.45. The molecule has 0 fully saturated rings. The maximum atomic E-state index is 5.74. The maximum Gasteiger partial charge on any atom is 0.261 e. The summed E-state index contributed by atoms with van der Waals surface area (Å²) in [5.74, 6) is 0.996. The molecule has 2 aromatic heterocycles. The summed E-state index contributed by atoms with van der Waals surface area (Å²) >= 11 is 1.23. The predicted octanol–water partition coefficient (Wildman–Crippen LogP) is 2.29. The molecule has 0 bridgehead atoms. The summed E-state index contributed by atoms with van der Waals surface area (Å²) in [6, 6.07) is 9.92. The molecule has 0 aliphatic heterocycles. The Morgan fingerprint density at radius 1 is 1.25 bits per heavy atom. The molecule has 2 heterocycles. The Morgan fingerprint density at radius 3 is 2.80 bits per heavy atom. The van der Waals surface area contributed by atoms with Gasteiger partial charge in [0.05, 0.1) is 6.20 Å². The zero-order valence-electron chi connectivity index (χ0n) is 10.9. The molecule has 0 amide bonds. The minimum atomic E-state index is -0.108. The quantitative estimate of drug-likeness (QED) is 0.776. The summed E-state index contributed by atoms with van der Waals surface area (Å²) in [5.41, 5.74) is 1.09. The molecule has 6 nitrogen and oxygen atoms in total. The van der Waals surface area contributed by atoms with Crippen molar-refractivity contribution < 1.29 is 4.42 Å². The number of hydrogen-bond acceptors (Lipinski definition) is 7. The van der Waals surface area contributed by atoms with Crippen LogP contribution in [0.25, 0.3) is 10.8 Å². The van der Waals surface area contributed by atoms with Gasteiger partial charge < -0.3 is 9.73 Å². The van der Waals surface area contributed by atoms with Crippen LogP contribution in [0.4, 0.5) is 0 Å². The van der Waals surface area contributed by atoms with Crippen LogP contribution in [0.15, 0.2) is 40.9 Å². The first-order valence-corrected chi connectivity index (χ1v) is 7.05. The largest absolute Gasteiger partial charge is 0.418 e. The molecule has 3 aromatic rings. The van der Waals surface area contributed by atoms with E-state index in [9.17, 15) is 0 Å². The highest BCUT2D eigenvalue weighted by atomic mass is 32.1. The number of aromatic nitrogens is 4. The Balaban J connectivity index is 1.92. The van der Waals surface area contributed by atoms with Crippen molar-refractivity contribution >= 4 is 11.5 Å². The molecule has 0 spiro atoms. The molecule has 1 aromatic carbocycles. The number of hydrogen-bond donors (Lipinski definition) is 1. The van der Waals surface area contributed by atoms with E-state index in [-0.39, 0.29) is 6.04 Å². The highest BCUT2D eigenvalue weighted by Gasteiger charge is 2.20. The van der Waals surface area contributed by atoms with Crippen molar-refractivity contribution in [3.05, 3.63) is 48.0 Å². The average Bonchev–Trinajstić information content (AvgIpc) is 3.16. The van der Waals surface area contributed by atoms with E-state index in [1.165, 1.54) is 11.5 Å². The van der Waals surface area contributed by atoms with Crippen molar-refractivity contribution in [1.29, 1.82) is 0 Å². The van der Waals surface area contributed by atoms with E-state index in [2.05, 4.69) is 25.1 Å². The fourth-order valence-electron chi connectivity index (χ4n) is 1.91. The van der Waals surface area contributed by atoms with E-state index in [0.717, 1.165) is 17.0 Å². The molecule has 3 rings (SSSR count). The van der Waals surface area contributed by atoms with E-state index in [0.29, 0.717) is 11.8 Å². The van der Waals surface area contributed by atoms with Crippen LogP contribution in [-0.2, 0) is 0 Å². The van der Waals surface area contributed by atoms with Gasteiger partial charge in [0.15, 0.2) is 0 Å². The second-order valence-corrected chi connectivity index (χ2v) is 4.91. The van der Waals surface area contributed by atoms with Gasteiger partial charge in [-0.15, -0.1) is 15.3 Å². The first-order chi connectivity index (χ1) is 9.88. The van der Waals surface area contributed by atoms with Crippen LogP contribution in [-0.4, -0.2) is 26.3 Å². The molecule has 102 valence electrons. The topological polar surface area (TPSA) is 76.7 Å². The molecular weight excluding hydrogens is 274 g/mol. The molecule has 1 atom stereocenters. The van der Waals surface area contributed by atoms with Gasteiger partial charge >= 0.3 is 0 Å². The Hall–Kier alpha value is -2.12. The van der Waals surface area contributed by atoms with Crippen LogP contribution in [0.5, 0.6) is 0 Å². The van der Waals surface area contributed by atoms with Gasteiger partial charge in [-0.3, -0.25) is 0 Å². The van der Waals surface area contributed by atoms with Gasteiger partial charge in [0.1, 0.15) is 10.9 Å². The fraction of sp³-hybridized carbons (Fsp3) is 0.231. The van der Waals surface area contributed by atoms with E-state index in [1.54, 1.807) is 6.20 Å². The summed E-state index contributed by atoms with van der Waals surface area (Å²) in [7, 11) is 0. The summed E-state index contributed by atoms with van der Waals surface area (Å²) < 4.78 is 9.54. The lowest BCUT2D eigenvalue weighted by molar-refractivity contribution is 0.445. The number of nitrogens with zero attached hydrogens (tertiary/aromatic N) is 4. The molecule has 7 heteroatoms. The van der Waals surface area contributed by atoms with Gasteiger partial charge in [0, 0.05) is 0 Å². The lowest BCUT2D eigenvalue weighted by atomic mass is 10.1. The maximum absolute atomic E-state index is 5.74. The highest BCUT2D eigenvalue weighted by Crippen LogP contribution is 2.25. The molecule has 0 aliphatic rings. The number of nitrogens with one attached hydrogen (secondary N) is 1. The second kappa shape index (κ2) is 5.89. The predicted molar refractivity (Wildman–Crippen MR) is 75.2 cm³/mol. The van der Waals surface area contributed by atoms with Gasteiger partial charge in [0.2, 0.25) is 5.89 Å². The van der Waals surface area contributed by atoms with Gasteiger partial charge in [-0.2, -0.15) is 0 Å². The van der Waals surface area contributed by atoms with Crippen LogP contribution in [0.2, 0.25) is 0 Å². The van der Waals surface area contributed by atoms with Crippen LogP contribution < -0.4 is 5.32 Å². The van der Waals surface area contributed by atoms with Crippen LogP contribution in [0, 0.1) is 0 Å². The Bertz CT molecular complexity index is 652. The molecule has 20 heavy (non-hydrogen) atoms. The van der Waals surface area contributed by atoms with E-state index in [1.807, 2.05) is 37.3 Å². The van der Waals surface area contributed by atoms with Crippen LogP contribution in [0.3, 0.4) is 0 Å². The van der Waals surface area contributed by atoms with Gasteiger partial charge in [-0.25, -0.2) is 0 Å². The molecule has 0 saturated carbocycles. The number of rotatable bonds is 5. The monoisotopic (exact) mass is 287 g/mol. The smallest absolute Gasteiger partial charge is 0.261 e. The Kier molecular flexibility index (Phi) is 3.80. The molecule has 0 radical (unpaired) electrons. The first kappa shape index (κ1) is 12.9. The Labute approximate surface area is 120 Å². The van der Waals surface area contributed by atoms with Crippen molar-refractivity contribution in [2.75, 3.05) is 6.54 Å². The lowest BCUT2D eigenvalue weighted by Crippen LogP contribution is -2.22. The summed E-state index contributed by atoms with van der Waals surface area (Å²) in [5, 5.41) is 15.3. The zero-order chi connectivity index (χ0) is 13.8. The zero-order valence-corrected chi connectivity index (χ0v) is 11.7. The minimum absolute atomic E-state index is 0.108. The summed E-state index contributed by atoms with van der Waals surface area (Å²) in [6.45, 7) is 2.85. The minimum Gasteiger partial charge on any atom is -0.418 e. The molecular formula is C13H13N5OS. The third kappa shape index (κ3) is 2.59. The third-order valence-electron chi connectivity index (χ3n) is 2.80. The van der Waals surface area contributed by atoms with E-state index < -0.39 is 0 Å². The van der Waals surface area contributed by atoms with Crippen LogP contribution >= 0.6 is 11.5 Å². The normalized spacial score (nSPS) is 12.4. The standard InChI is InChI=1S/C13H13N5OS/c1-2-14-11(9-6-4-3-5-7-9)13-17-16-12(19-13)10-8-15-18-20-10/h3-8,11,14H,2H2,1H3. The van der Waals surface area contributed by atoms with E-state index >= 15 is 0 Å². The highest BCUT2D eigenvalue weighted by molar-refractivity contribution is 7.09. The fourth-order valence-corrected chi connectivity index (χ4v) is 2.35. The summed E-state index contributed by atoms with van der Waals surface area (Å²) in [6.07, 6.45) is 1.62. The van der Waals surface area contributed by atoms with Crippen molar-refractivity contribution in [2.45, 2.75) is 13.0 Å². The Morgan fingerprint density at radius 2 is 2.10 bits per heavy atom. The molecule has 0 saturated heterocycles. The van der Waals surface area contributed by atoms with Gasteiger partial charge in [0.25, 0.3) is 5.89 Å². The van der Waals surface area contributed by atoms with Crippen molar-refractivity contribution in [3.63, 3.8) is 0 Å². The lowest BCUT2D eigenvalue weighted by Gasteiger charge is -2.13. The average molecular weight is 287 g/mol.